The quantitative estimate of drug-likeness (QED) is 0.685. The fourth-order valence-electron chi connectivity index (χ4n) is 2.61. The van der Waals surface area contributed by atoms with E-state index in [4.69, 9.17) is 9.47 Å². The van der Waals surface area contributed by atoms with Gasteiger partial charge in [0.25, 0.3) is 11.1 Å². The molecule has 2 aromatic carbocycles. The van der Waals surface area contributed by atoms with Crippen LogP contribution in [-0.4, -0.2) is 29.8 Å². The molecule has 0 N–H and O–H groups in total. The van der Waals surface area contributed by atoms with Gasteiger partial charge in [0.1, 0.15) is 5.82 Å². The van der Waals surface area contributed by atoms with Gasteiger partial charge in [0, 0.05) is 0 Å². The van der Waals surface area contributed by atoms with Crippen LogP contribution in [0.4, 0.5) is 9.18 Å². The molecule has 1 aliphatic rings. The molecule has 0 radical (unpaired) electrons. The minimum atomic E-state index is -0.373. The van der Waals surface area contributed by atoms with Gasteiger partial charge in [-0.1, -0.05) is 18.2 Å². The molecule has 140 valence electrons. The molecule has 0 bridgehead atoms. The summed E-state index contributed by atoms with van der Waals surface area (Å²) in [5.74, 6) is 0.428. The molecule has 2 amide bonds. The number of amides is 2. The molecule has 0 unspecified atom stereocenters. The van der Waals surface area contributed by atoms with Crippen molar-refractivity contribution >= 4 is 29.0 Å². The number of methoxy groups -OCH3 is 1. The summed E-state index contributed by atoms with van der Waals surface area (Å²) in [5.41, 5.74) is 1.41. The molecular formula is C20H18FNO4S. The number of carbonyl (C=O) groups is 2. The van der Waals surface area contributed by atoms with Crippen LogP contribution < -0.4 is 9.47 Å². The van der Waals surface area contributed by atoms with Gasteiger partial charge in [-0.2, -0.15) is 0 Å². The van der Waals surface area contributed by atoms with E-state index in [0.29, 0.717) is 28.6 Å². The molecule has 1 fully saturated rings. The summed E-state index contributed by atoms with van der Waals surface area (Å²) in [4.78, 5) is 26.3. The highest BCUT2D eigenvalue weighted by atomic mass is 32.2. The maximum absolute atomic E-state index is 13.0. The fraction of sp³-hybridized carbons (Fsp3) is 0.200. The second-order valence-electron chi connectivity index (χ2n) is 5.74. The van der Waals surface area contributed by atoms with Gasteiger partial charge in [0.05, 0.1) is 25.2 Å². The number of rotatable bonds is 6. The number of hydrogen-bond donors (Lipinski definition) is 0. The Morgan fingerprint density at radius 2 is 1.85 bits per heavy atom. The number of ether oxygens (including phenoxy) is 2. The number of halogens is 1. The molecule has 2 aromatic rings. The van der Waals surface area contributed by atoms with Crippen molar-refractivity contribution in [3.63, 3.8) is 0 Å². The van der Waals surface area contributed by atoms with Gasteiger partial charge in [-0.3, -0.25) is 14.5 Å². The number of hydrogen-bond acceptors (Lipinski definition) is 5. The second-order valence-corrected chi connectivity index (χ2v) is 6.73. The van der Waals surface area contributed by atoms with E-state index in [1.54, 1.807) is 36.4 Å². The topological polar surface area (TPSA) is 55.8 Å². The third-order valence-corrected chi connectivity index (χ3v) is 4.82. The smallest absolute Gasteiger partial charge is 0.293 e. The summed E-state index contributed by atoms with van der Waals surface area (Å²) >= 11 is 0.879. The number of nitrogens with zero attached hydrogens (tertiary/aromatic N) is 1. The fourth-order valence-corrected chi connectivity index (χ4v) is 3.45. The Morgan fingerprint density at radius 1 is 1.11 bits per heavy atom. The molecular weight excluding hydrogens is 369 g/mol. The van der Waals surface area contributed by atoms with Crippen molar-refractivity contribution in [3.05, 3.63) is 64.3 Å². The summed E-state index contributed by atoms with van der Waals surface area (Å²) < 4.78 is 23.8. The highest BCUT2D eigenvalue weighted by molar-refractivity contribution is 8.18. The van der Waals surface area contributed by atoms with E-state index in [9.17, 15) is 14.0 Å². The van der Waals surface area contributed by atoms with Gasteiger partial charge in [-0.25, -0.2) is 4.39 Å². The highest BCUT2D eigenvalue weighted by Gasteiger charge is 2.35. The third kappa shape index (κ3) is 4.31. The average molecular weight is 387 g/mol. The molecule has 1 heterocycles. The molecule has 0 spiro atoms. The van der Waals surface area contributed by atoms with Crippen LogP contribution in [0.15, 0.2) is 47.4 Å². The Balaban J connectivity index is 1.80. The van der Waals surface area contributed by atoms with Crippen molar-refractivity contribution in [1.29, 1.82) is 0 Å². The summed E-state index contributed by atoms with van der Waals surface area (Å²) in [6, 6.07) is 11.0. The monoisotopic (exact) mass is 387 g/mol. The molecule has 0 aliphatic carbocycles. The van der Waals surface area contributed by atoms with Crippen LogP contribution in [0.5, 0.6) is 11.5 Å². The van der Waals surface area contributed by atoms with E-state index in [1.807, 2.05) is 6.92 Å². The van der Waals surface area contributed by atoms with E-state index >= 15 is 0 Å². The van der Waals surface area contributed by atoms with Gasteiger partial charge in [-0.05, 0) is 60.2 Å². The van der Waals surface area contributed by atoms with Crippen molar-refractivity contribution in [2.45, 2.75) is 13.5 Å². The molecule has 0 atom stereocenters. The van der Waals surface area contributed by atoms with Crippen LogP contribution in [0.2, 0.25) is 0 Å². The summed E-state index contributed by atoms with van der Waals surface area (Å²) in [5, 5.41) is -0.353. The van der Waals surface area contributed by atoms with Gasteiger partial charge in [0.2, 0.25) is 0 Å². The van der Waals surface area contributed by atoms with Crippen molar-refractivity contribution in [1.82, 2.24) is 4.90 Å². The van der Waals surface area contributed by atoms with E-state index < -0.39 is 0 Å². The SMILES string of the molecule is CCOc1ccc(/C=C2/SC(=O)N(Cc3ccc(F)cc3)C2=O)cc1OC. The lowest BCUT2D eigenvalue weighted by Gasteiger charge is -2.12. The molecule has 5 nitrogen and oxygen atoms in total. The van der Waals surface area contributed by atoms with Crippen LogP contribution in [0, 0.1) is 5.82 Å². The molecule has 0 saturated carbocycles. The Hall–Kier alpha value is -2.80. The number of benzene rings is 2. The van der Waals surface area contributed by atoms with Crippen molar-refractivity contribution < 1.29 is 23.5 Å². The summed E-state index contributed by atoms with van der Waals surface area (Å²) in [6.45, 7) is 2.50. The van der Waals surface area contributed by atoms with Gasteiger partial charge in [0.15, 0.2) is 11.5 Å². The van der Waals surface area contributed by atoms with Crippen LogP contribution in [0.25, 0.3) is 6.08 Å². The molecule has 1 saturated heterocycles. The standard InChI is InChI=1S/C20H18FNO4S/c1-3-26-16-9-6-14(10-17(16)25-2)11-18-19(23)22(20(24)27-18)12-13-4-7-15(21)8-5-13/h4-11H,3,12H2,1-2H3/b18-11+. The number of carbonyl (C=O) groups excluding carboxylic acids is 2. The third-order valence-electron chi connectivity index (χ3n) is 3.91. The Morgan fingerprint density at radius 3 is 2.52 bits per heavy atom. The first-order valence-electron chi connectivity index (χ1n) is 8.32. The first-order valence-corrected chi connectivity index (χ1v) is 9.14. The minimum Gasteiger partial charge on any atom is -0.493 e. The van der Waals surface area contributed by atoms with Crippen LogP contribution >= 0.6 is 11.8 Å². The molecule has 1 aliphatic heterocycles. The zero-order valence-corrected chi connectivity index (χ0v) is 15.7. The van der Waals surface area contributed by atoms with Gasteiger partial charge < -0.3 is 9.47 Å². The average Bonchev–Trinajstić information content (AvgIpc) is 2.92. The zero-order valence-electron chi connectivity index (χ0n) is 14.9. The largest absolute Gasteiger partial charge is 0.493 e. The summed E-state index contributed by atoms with van der Waals surface area (Å²) in [7, 11) is 1.54. The van der Waals surface area contributed by atoms with E-state index in [2.05, 4.69) is 0 Å². The maximum Gasteiger partial charge on any atom is 0.293 e. The lowest BCUT2D eigenvalue weighted by molar-refractivity contribution is -0.123. The van der Waals surface area contributed by atoms with Crippen LogP contribution in [-0.2, 0) is 11.3 Å². The minimum absolute atomic E-state index is 0.106. The molecule has 27 heavy (non-hydrogen) atoms. The van der Waals surface area contributed by atoms with Crippen LogP contribution in [0.3, 0.4) is 0 Å². The normalized spacial score (nSPS) is 15.5. The molecule has 0 aromatic heterocycles. The van der Waals surface area contributed by atoms with Crippen molar-refractivity contribution in [2.24, 2.45) is 0 Å². The predicted molar refractivity (Wildman–Crippen MR) is 102 cm³/mol. The number of imide groups is 1. The molecule has 7 heteroatoms. The second kappa shape index (κ2) is 8.26. The first kappa shape index (κ1) is 19.0. The van der Waals surface area contributed by atoms with Gasteiger partial charge in [-0.15, -0.1) is 0 Å². The zero-order chi connectivity index (χ0) is 19.4. The van der Waals surface area contributed by atoms with Crippen molar-refractivity contribution in [2.75, 3.05) is 13.7 Å². The van der Waals surface area contributed by atoms with E-state index in [1.165, 1.54) is 19.2 Å². The lowest BCUT2D eigenvalue weighted by atomic mass is 10.1. The van der Waals surface area contributed by atoms with E-state index in [0.717, 1.165) is 22.2 Å². The first-order chi connectivity index (χ1) is 13.0. The Labute approximate surface area is 160 Å². The predicted octanol–water partition coefficient (Wildman–Crippen LogP) is 4.47. The highest BCUT2D eigenvalue weighted by Crippen LogP contribution is 2.35. The van der Waals surface area contributed by atoms with Gasteiger partial charge >= 0.3 is 0 Å². The number of thioether (sulfide) groups is 1. The Bertz CT molecular complexity index is 895. The molecule has 3 rings (SSSR count). The lowest BCUT2D eigenvalue weighted by Crippen LogP contribution is -2.27. The van der Waals surface area contributed by atoms with Crippen molar-refractivity contribution in [3.8, 4) is 11.5 Å². The maximum atomic E-state index is 13.0. The van der Waals surface area contributed by atoms with E-state index in [-0.39, 0.29) is 23.5 Å². The summed E-state index contributed by atoms with van der Waals surface area (Å²) in [6.07, 6.45) is 1.65. The Kier molecular flexibility index (Phi) is 5.81. The van der Waals surface area contributed by atoms with Crippen LogP contribution in [0.1, 0.15) is 18.1 Å².